The molecule has 0 atom stereocenters. The van der Waals surface area contributed by atoms with Gasteiger partial charge in [-0.15, -0.1) is 11.3 Å². The van der Waals surface area contributed by atoms with Crippen molar-refractivity contribution in [2.45, 2.75) is 19.9 Å². The van der Waals surface area contributed by atoms with E-state index >= 15 is 0 Å². The van der Waals surface area contributed by atoms with Gasteiger partial charge < -0.3 is 10.6 Å². The Labute approximate surface area is 125 Å². The van der Waals surface area contributed by atoms with Crippen LogP contribution >= 0.6 is 23.6 Å². The van der Waals surface area contributed by atoms with Gasteiger partial charge in [0.1, 0.15) is 11.6 Å². The van der Waals surface area contributed by atoms with E-state index in [1.165, 1.54) is 29.5 Å². The van der Waals surface area contributed by atoms with Crippen LogP contribution in [0.15, 0.2) is 23.6 Å². The second-order valence-electron chi connectivity index (χ2n) is 4.01. The molecule has 2 N–H and O–H groups in total. The zero-order valence-electron chi connectivity index (χ0n) is 10.7. The molecule has 0 saturated carbocycles. The number of aryl methyl sites for hydroxylation is 1. The van der Waals surface area contributed by atoms with Gasteiger partial charge in [-0.1, -0.05) is 13.0 Å². The van der Waals surface area contributed by atoms with E-state index in [0.29, 0.717) is 5.13 Å². The van der Waals surface area contributed by atoms with Crippen LogP contribution in [-0.2, 0) is 13.0 Å². The average molecular weight is 313 g/mol. The van der Waals surface area contributed by atoms with Crippen molar-refractivity contribution in [3.05, 3.63) is 46.5 Å². The van der Waals surface area contributed by atoms with E-state index in [4.69, 9.17) is 12.2 Å². The fourth-order valence-corrected chi connectivity index (χ4v) is 2.57. The summed E-state index contributed by atoms with van der Waals surface area (Å²) in [6, 6.07) is 3.75. The third-order valence-electron chi connectivity index (χ3n) is 2.62. The molecule has 20 heavy (non-hydrogen) atoms. The Morgan fingerprint density at radius 2 is 2.05 bits per heavy atom. The maximum absolute atomic E-state index is 13.4. The van der Waals surface area contributed by atoms with E-state index in [1.54, 1.807) is 0 Å². The van der Waals surface area contributed by atoms with E-state index < -0.39 is 11.6 Å². The summed E-state index contributed by atoms with van der Waals surface area (Å²) in [5.41, 5.74) is 0.936. The number of anilines is 1. The molecule has 7 heteroatoms. The number of halogens is 2. The maximum atomic E-state index is 13.4. The molecular weight excluding hydrogens is 300 g/mol. The van der Waals surface area contributed by atoms with Crippen molar-refractivity contribution < 1.29 is 8.78 Å². The van der Waals surface area contributed by atoms with E-state index in [9.17, 15) is 8.78 Å². The zero-order chi connectivity index (χ0) is 14.5. The maximum Gasteiger partial charge on any atom is 0.189 e. The van der Waals surface area contributed by atoms with Crippen molar-refractivity contribution in [3.8, 4) is 0 Å². The van der Waals surface area contributed by atoms with Crippen LogP contribution in [-0.4, -0.2) is 10.1 Å². The molecule has 0 saturated heterocycles. The molecular formula is C13H13F2N3S2. The molecule has 0 unspecified atom stereocenters. The van der Waals surface area contributed by atoms with E-state index in [1.807, 2.05) is 12.3 Å². The molecule has 0 aliphatic carbocycles. The minimum atomic E-state index is -0.595. The third-order valence-corrected chi connectivity index (χ3v) is 3.67. The predicted molar refractivity (Wildman–Crippen MR) is 80.9 cm³/mol. The van der Waals surface area contributed by atoms with Crippen LogP contribution in [0.4, 0.5) is 13.9 Å². The molecule has 3 nitrogen and oxygen atoms in total. The van der Waals surface area contributed by atoms with E-state index in [-0.39, 0.29) is 17.2 Å². The van der Waals surface area contributed by atoms with Gasteiger partial charge in [0.2, 0.25) is 0 Å². The first-order valence-corrected chi connectivity index (χ1v) is 7.31. The lowest BCUT2D eigenvalue weighted by Gasteiger charge is -2.09. The number of thiocarbonyl (C=S) groups is 1. The van der Waals surface area contributed by atoms with Crippen LogP contribution in [0.3, 0.4) is 0 Å². The van der Waals surface area contributed by atoms with Gasteiger partial charge in [0.15, 0.2) is 10.2 Å². The van der Waals surface area contributed by atoms with Crippen molar-refractivity contribution in [2.75, 3.05) is 5.32 Å². The van der Waals surface area contributed by atoms with Gasteiger partial charge in [-0.2, -0.15) is 0 Å². The quantitative estimate of drug-likeness (QED) is 0.848. The van der Waals surface area contributed by atoms with Crippen LogP contribution in [0, 0.1) is 11.6 Å². The number of nitrogens with one attached hydrogen (secondary N) is 2. The summed E-state index contributed by atoms with van der Waals surface area (Å²) in [6.07, 6.45) is 0.846. The Balaban J connectivity index is 1.92. The van der Waals surface area contributed by atoms with E-state index in [2.05, 4.69) is 15.6 Å². The number of aromatic nitrogens is 1. The minimum absolute atomic E-state index is 0.0175. The normalized spacial score (nSPS) is 10.3. The van der Waals surface area contributed by atoms with Crippen LogP contribution in [0.2, 0.25) is 0 Å². The Kier molecular flexibility index (Phi) is 4.97. The Hall–Kier alpha value is -1.60. The SMILES string of the molecule is CCc1csc(NC(=S)NCc2c(F)cccc2F)n1. The lowest BCUT2D eigenvalue weighted by atomic mass is 10.2. The lowest BCUT2D eigenvalue weighted by Crippen LogP contribution is -2.28. The Morgan fingerprint density at radius 3 is 2.65 bits per heavy atom. The van der Waals surface area contributed by atoms with Gasteiger partial charge in [-0.3, -0.25) is 0 Å². The molecule has 2 rings (SSSR count). The van der Waals surface area contributed by atoms with Gasteiger partial charge in [0, 0.05) is 17.5 Å². The van der Waals surface area contributed by atoms with Gasteiger partial charge in [0.25, 0.3) is 0 Å². The topological polar surface area (TPSA) is 37.0 Å². The van der Waals surface area contributed by atoms with Gasteiger partial charge >= 0.3 is 0 Å². The Bertz CT molecular complexity index is 593. The molecule has 106 valence electrons. The summed E-state index contributed by atoms with van der Waals surface area (Å²) in [7, 11) is 0. The second kappa shape index (κ2) is 6.71. The van der Waals surface area contributed by atoms with E-state index in [0.717, 1.165) is 12.1 Å². The molecule has 0 radical (unpaired) electrons. The van der Waals surface area contributed by atoms with Crippen molar-refractivity contribution in [3.63, 3.8) is 0 Å². The number of hydrogen-bond donors (Lipinski definition) is 2. The molecule has 0 aliphatic rings. The van der Waals surface area contributed by atoms with Crippen LogP contribution in [0.5, 0.6) is 0 Å². The number of thiazole rings is 1. The summed E-state index contributed by atoms with van der Waals surface area (Å²) in [5, 5.41) is 8.53. The van der Waals surface area contributed by atoms with Crippen molar-refractivity contribution >= 4 is 33.8 Å². The van der Waals surface area contributed by atoms with Crippen LogP contribution in [0.1, 0.15) is 18.2 Å². The molecule has 0 fully saturated rings. The fraction of sp³-hybridized carbons (Fsp3) is 0.231. The zero-order valence-corrected chi connectivity index (χ0v) is 12.4. The highest BCUT2D eigenvalue weighted by molar-refractivity contribution is 7.80. The summed E-state index contributed by atoms with van der Waals surface area (Å²) >= 11 is 6.50. The van der Waals surface area contributed by atoms with Crippen LogP contribution < -0.4 is 10.6 Å². The number of rotatable bonds is 4. The summed E-state index contributed by atoms with van der Waals surface area (Å²) in [4.78, 5) is 4.29. The van der Waals surface area contributed by atoms with Gasteiger partial charge in [-0.05, 0) is 30.8 Å². The monoisotopic (exact) mass is 313 g/mol. The highest BCUT2D eigenvalue weighted by Crippen LogP contribution is 2.16. The van der Waals surface area contributed by atoms with Crippen LogP contribution in [0.25, 0.3) is 0 Å². The number of hydrogen-bond acceptors (Lipinski definition) is 3. The average Bonchev–Trinajstić information content (AvgIpc) is 2.86. The number of nitrogens with zero attached hydrogens (tertiary/aromatic N) is 1. The lowest BCUT2D eigenvalue weighted by molar-refractivity contribution is 0.551. The first-order chi connectivity index (χ1) is 9.60. The number of benzene rings is 1. The van der Waals surface area contributed by atoms with Crippen molar-refractivity contribution in [1.82, 2.24) is 10.3 Å². The minimum Gasteiger partial charge on any atom is -0.358 e. The van der Waals surface area contributed by atoms with Crippen molar-refractivity contribution in [1.29, 1.82) is 0 Å². The highest BCUT2D eigenvalue weighted by Gasteiger charge is 2.09. The molecule has 0 amide bonds. The summed E-state index contributed by atoms with van der Waals surface area (Å²) in [6.45, 7) is 1.99. The fourth-order valence-electron chi connectivity index (χ4n) is 1.54. The molecule has 2 aromatic rings. The Morgan fingerprint density at radius 1 is 1.35 bits per heavy atom. The summed E-state index contributed by atoms with van der Waals surface area (Å²) in [5.74, 6) is -1.19. The molecule has 0 bridgehead atoms. The molecule has 1 aromatic heterocycles. The highest BCUT2D eigenvalue weighted by atomic mass is 32.1. The first-order valence-electron chi connectivity index (χ1n) is 6.02. The molecule has 1 aromatic carbocycles. The molecule has 0 spiro atoms. The first kappa shape index (κ1) is 14.8. The smallest absolute Gasteiger partial charge is 0.189 e. The molecule has 0 aliphatic heterocycles. The second-order valence-corrected chi connectivity index (χ2v) is 5.27. The van der Waals surface area contributed by atoms with Gasteiger partial charge in [0.05, 0.1) is 5.69 Å². The largest absolute Gasteiger partial charge is 0.358 e. The summed E-state index contributed by atoms with van der Waals surface area (Å²) < 4.78 is 26.8. The van der Waals surface area contributed by atoms with Crippen molar-refractivity contribution in [2.24, 2.45) is 0 Å². The van der Waals surface area contributed by atoms with Gasteiger partial charge in [-0.25, -0.2) is 13.8 Å². The predicted octanol–water partition coefficient (Wildman–Crippen LogP) is 3.47. The standard InChI is InChI=1S/C13H13F2N3S2/c1-2-8-7-20-13(17-8)18-12(19)16-6-9-10(14)4-3-5-11(9)15/h3-5,7H,2,6H2,1H3,(H2,16,17,18,19). The third kappa shape index (κ3) is 3.71. The molecule has 1 heterocycles.